The molecule has 0 aromatic heterocycles. The van der Waals surface area contributed by atoms with E-state index in [1.54, 1.807) is 6.92 Å². The van der Waals surface area contributed by atoms with Gasteiger partial charge in [-0.25, -0.2) is 0 Å². The van der Waals surface area contributed by atoms with Crippen LogP contribution in [-0.2, 0) is 12.6 Å². The highest BCUT2D eigenvalue weighted by molar-refractivity contribution is 5.33. The summed E-state index contributed by atoms with van der Waals surface area (Å²) in [7, 11) is 0. The van der Waals surface area contributed by atoms with E-state index in [1.165, 1.54) is 17.7 Å². The maximum Gasteiger partial charge on any atom is 0.416 e. The Bertz CT molecular complexity index is 575. The summed E-state index contributed by atoms with van der Waals surface area (Å²) in [6.45, 7) is 6.06. The molecule has 2 rings (SSSR count). The Morgan fingerprint density at radius 3 is 2.38 bits per heavy atom. The summed E-state index contributed by atoms with van der Waals surface area (Å²) >= 11 is 0. The standard InChI is InChI=1S/C18H21F3/c1-13-10-15(12-16(11-13)18(19,20)21)5-4-14-6-8-17(2,3)9-7-14/h6-8,10-12H,4-5,9H2,1-3H3. The summed E-state index contributed by atoms with van der Waals surface area (Å²) in [5.74, 6) is 0. The van der Waals surface area contributed by atoms with Crippen molar-refractivity contribution in [1.29, 1.82) is 0 Å². The van der Waals surface area contributed by atoms with Gasteiger partial charge in [-0.2, -0.15) is 13.2 Å². The summed E-state index contributed by atoms with van der Waals surface area (Å²) in [6.07, 6.45) is 4.62. The fraction of sp³-hybridized carbons (Fsp3) is 0.444. The van der Waals surface area contributed by atoms with E-state index in [2.05, 4.69) is 32.1 Å². The van der Waals surface area contributed by atoms with Gasteiger partial charge in [0, 0.05) is 0 Å². The number of alkyl halides is 3. The number of hydrogen-bond donors (Lipinski definition) is 0. The smallest absolute Gasteiger partial charge is 0.166 e. The van der Waals surface area contributed by atoms with Crippen LogP contribution >= 0.6 is 0 Å². The minimum absolute atomic E-state index is 0.191. The molecular formula is C18H21F3. The molecule has 0 fully saturated rings. The zero-order chi connectivity index (χ0) is 15.7. The van der Waals surface area contributed by atoms with Gasteiger partial charge >= 0.3 is 6.18 Å². The summed E-state index contributed by atoms with van der Waals surface area (Å²) in [5, 5.41) is 0. The normalized spacial score (nSPS) is 17.7. The first kappa shape index (κ1) is 15.9. The SMILES string of the molecule is Cc1cc(CCC2=CCC(C)(C)C=C2)cc(C(F)(F)F)c1. The lowest BCUT2D eigenvalue weighted by atomic mass is 9.83. The van der Waals surface area contributed by atoms with E-state index < -0.39 is 11.7 Å². The second-order valence-electron chi connectivity index (χ2n) is 6.51. The van der Waals surface area contributed by atoms with Gasteiger partial charge in [0.2, 0.25) is 0 Å². The molecule has 0 bridgehead atoms. The molecule has 3 heteroatoms. The Balaban J connectivity index is 2.06. The summed E-state index contributed by atoms with van der Waals surface area (Å²) < 4.78 is 38.4. The molecule has 0 heterocycles. The van der Waals surface area contributed by atoms with E-state index in [9.17, 15) is 13.2 Å². The minimum atomic E-state index is -4.27. The number of hydrogen-bond acceptors (Lipinski definition) is 0. The Morgan fingerprint density at radius 2 is 1.81 bits per heavy atom. The Morgan fingerprint density at radius 1 is 1.10 bits per heavy atom. The van der Waals surface area contributed by atoms with Crippen molar-refractivity contribution in [2.24, 2.45) is 5.41 Å². The first-order valence-corrected chi connectivity index (χ1v) is 7.22. The van der Waals surface area contributed by atoms with Crippen LogP contribution in [0.25, 0.3) is 0 Å². The van der Waals surface area contributed by atoms with Crippen LogP contribution in [0.1, 0.15) is 43.4 Å². The highest BCUT2D eigenvalue weighted by atomic mass is 19.4. The van der Waals surface area contributed by atoms with E-state index in [0.29, 0.717) is 12.0 Å². The topological polar surface area (TPSA) is 0 Å². The third kappa shape index (κ3) is 4.48. The van der Waals surface area contributed by atoms with Crippen LogP contribution in [0.4, 0.5) is 13.2 Å². The molecule has 0 spiro atoms. The second-order valence-corrected chi connectivity index (χ2v) is 6.51. The molecule has 1 aromatic rings. The third-order valence-electron chi connectivity index (χ3n) is 3.81. The van der Waals surface area contributed by atoms with Crippen LogP contribution in [0.2, 0.25) is 0 Å². The van der Waals surface area contributed by atoms with Gasteiger partial charge in [0.1, 0.15) is 0 Å². The van der Waals surface area contributed by atoms with Gasteiger partial charge in [-0.15, -0.1) is 0 Å². The van der Waals surface area contributed by atoms with Crippen molar-refractivity contribution in [3.63, 3.8) is 0 Å². The fourth-order valence-corrected chi connectivity index (χ4v) is 2.51. The van der Waals surface area contributed by atoms with Crippen LogP contribution < -0.4 is 0 Å². The van der Waals surface area contributed by atoms with Crippen molar-refractivity contribution in [2.75, 3.05) is 0 Å². The first-order valence-electron chi connectivity index (χ1n) is 7.22. The summed E-state index contributed by atoms with van der Waals surface area (Å²) in [4.78, 5) is 0. The molecule has 1 aliphatic carbocycles. The van der Waals surface area contributed by atoms with Crippen LogP contribution in [0.3, 0.4) is 0 Å². The van der Waals surface area contributed by atoms with Gasteiger partial charge in [-0.05, 0) is 49.3 Å². The number of benzene rings is 1. The maximum absolute atomic E-state index is 12.8. The lowest BCUT2D eigenvalue weighted by Gasteiger charge is -2.22. The lowest BCUT2D eigenvalue weighted by molar-refractivity contribution is -0.137. The molecular weight excluding hydrogens is 273 g/mol. The van der Waals surface area contributed by atoms with Gasteiger partial charge in [-0.3, -0.25) is 0 Å². The van der Waals surface area contributed by atoms with Gasteiger partial charge in [-0.1, -0.05) is 49.3 Å². The van der Waals surface area contributed by atoms with Gasteiger partial charge in [0.15, 0.2) is 0 Å². The Hall–Kier alpha value is -1.51. The largest absolute Gasteiger partial charge is 0.416 e. The highest BCUT2D eigenvalue weighted by Gasteiger charge is 2.30. The third-order valence-corrected chi connectivity index (χ3v) is 3.81. The molecule has 0 amide bonds. The average molecular weight is 294 g/mol. The number of allylic oxidation sites excluding steroid dienone is 4. The van der Waals surface area contributed by atoms with Crippen molar-refractivity contribution >= 4 is 0 Å². The lowest BCUT2D eigenvalue weighted by Crippen LogP contribution is -2.09. The summed E-state index contributed by atoms with van der Waals surface area (Å²) in [5.41, 5.74) is 2.27. The van der Waals surface area contributed by atoms with Crippen LogP contribution in [0, 0.1) is 12.3 Å². The zero-order valence-corrected chi connectivity index (χ0v) is 12.7. The predicted molar refractivity (Wildman–Crippen MR) is 80.1 cm³/mol. The summed E-state index contributed by atoms with van der Waals surface area (Å²) in [6, 6.07) is 4.31. The van der Waals surface area contributed by atoms with Crippen LogP contribution in [0.5, 0.6) is 0 Å². The molecule has 1 aromatic carbocycles. The monoisotopic (exact) mass is 294 g/mol. The van der Waals surface area contributed by atoms with E-state index in [4.69, 9.17) is 0 Å². The molecule has 0 saturated carbocycles. The van der Waals surface area contributed by atoms with Crippen molar-refractivity contribution in [3.05, 3.63) is 58.7 Å². The molecule has 0 N–H and O–H groups in total. The van der Waals surface area contributed by atoms with Gasteiger partial charge in [0.05, 0.1) is 5.56 Å². The van der Waals surface area contributed by atoms with Crippen LogP contribution in [-0.4, -0.2) is 0 Å². The van der Waals surface area contributed by atoms with Crippen LogP contribution in [0.15, 0.2) is 42.0 Å². The quantitative estimate of drug-likeness (QED) is 0.655. The molecule has 1 aliphatic rings. The minimum Gasteiger partial charge on any atom is -0.166 e. The molecule has 0 unspecified atom stereocenters. The maximum atomic E-state index is 12.8. The fourth-order valence-electron chi connectivity index (χ4n) is 2.51. The zero-order valence-electron chi connectivity index (χ0n) is 12.7. The second kappa shape index (κ2) is 5.70. The molecule has 0 radical (unpaired) electrons. The molecule has 0 aliphatic heterocycles. The van der Waals surface area contributed by atoms with Crippen molar-refractivity contribution in [2.45, 2.75) is 46.2 Å². The van der Waals surface area contributed by atoms with E-state index in [0.717, 1.165) is 18.4 Å². The predicted octanol–water partition coefficient (Wildman–Crippen LogP) is 5.86. The highest BCUT2D eigenvalue weighted by Crippen LogP contribution is 2.32. The number of aryl methyl sites for hydroxylation is 2. The Labute approximate surface area is 124 Å². The van der Waals surface area contributed by atoms with Crippen molar-refractivity contribution in [3.8, 4) is 0 Å². The molecule has 0 saturated heterocycles. The van der Waals surface area contributed by atoms with E-state index >= 15 is 0 Å². The molecule has 0 atom stereocenters. The van der Waals surface area contributed by atoms with Gasteiger partial charge in [0.25, 0.3) is 0 Å². The van der Waals surface area contributed by atoms with Crippen molar-refractivity contribution < 1.29 is 13.2 Å². The molecule has 21 heavy (non-hydrogen) atoms. The number of halogens is 3. The Kier molecular flexibility index (Phi) is 4.31. The van der Waals surface area contributed by atoms with Crippen molar-refractivity contribution in [1.82, 2.24) is 0 Å². The average Bonchev–Trinajstić information content (AvgIpc) is 2.36. The van der Waals surface area contributed by atoms with E-state index in [-0.39, 0.29) is 5.41 Å². The van der Waals surface area contributed by atoms with E-state index in [1.807, 2.05) is 6.07 Å². The van der Waals surface area contributed by atoms with Gasteiger partial charge < -0.3 is 0 Å². The first-order chi connectivity index (χ1) is 9.66. The molecule has 114 valence electrons. The number of rotatable bonds is 3. The molecule has 0 nitrogen and oxygen atoms in total.